The van der Waals surface area contributed by atoms with Gasteiger partial charge in [0.15, 0.2) is 0 Å². The van der Waals surface area contributed by atoms with Gasteiger partial charge in [-0.25, -0.2) is 19.2 Å². The number of nitrogens with one attached hydrogen (secondary N) is 4. The number of nitrogens with zero attached hydrogens (tertiary/aromatic N) is 16. The molecule has 105 heavy (non-hydrogen) atoms. The number of hydrogen-bond acceptors (Lipinski definition) is 24. The van der Waals surface area contributed by atoms with E-state index in [2.05, 4.69) is 61.4 Å². The summed E-state index contributed by atoms with van der Waals surface area (Å²) < 4.78 is 23.3. The molecular weight excluding hydrogens is 1360 g/mol. The summed E-state index contributed by atoms with van der Waals surface area (Å²) in [7, 11) is 15.1. The van der Waals surface area contributed by atoms with Crippen molar-refractivity contribution >= 4 is 47.5 Å². The Morgan fingerprint density at radius 2 is 0.514 bits per heavy atom. The second-order valence-electron chi connectivity index (χ2n) is 31.6. The number of azide groups is 4. The molecule has 0 rings (SSSR count). The van der Waals surface area contributed by atoms with Crippen molar-refractivity contribution < 1.29 is 57.3 Å². The maximum atomic E-state index is 14.7. The largest absolute Gasteiger partial charge is 0.446 e. The van der Waals surface area contributed by atoms with E-state index >= 15 is 0 Å². The Bertz CT molecular complexity index is 2460. The van der Waals surface area contributed by atoms with Gasteiger partial charge in [-0.2, -0.15) is 0 Å². The van der Waals surface area contributed by atoms with Crippen LogP contribution in [0.3, 0.4) is 0 Å². The Balaban J connectivity index is 7.14. The van der Waals surface area contributed by atoms with Crippen molar-refractivity contribution in [2.45, 2.75) is 232 Å². The molecule has 0 fully saturated rings. The van der Waals surface area contributed by atoms with Crippen LogP contribution in [0.1, 0.15) is 184 Å². The van der Waals surface area contributed by atoms with Crippen molar-refractivity contribution in [1.82, 2.24) is 40.9 Å². The highest BCUT2D eigenvalue weighted by molar-refractivity contribution is 5.93. The summed E-state index contributed by atoms with van der Waals surface area (Å²) in [6.45, 7) is 18.1. The van der Waals surface area contributed by atoms with Crippen LogP contribution < -0.4 is 44.2 Å². The van der Waals surface area contributed by atoms with Gasteiger partial charge in [-0.15, -0.1) is 0 Å². The first-order valence-corrected chi connectivity index (χ1v) is 36.7. The van der Waals surface area contributed by atoms with Crippen molar-refractivity contribution in [2.75, 3.05) is 135 Å². The highest BCUT2D eigenvalue weighted by Gasteiger charge is 2.43. The van der Waals surface area contributed by atoms with Crippen LogP contribution in [-0.2, 0) is 38.1 Å². The minimum Gasteiger partial charge on any atom is -0.446 e. The maximum absolute atomic E-state index is 14.7. The van der Waals surface area contributed by atoms with Gasteiger partial charge >= 0.3 is 24.4 Å². The second-order valence-corrected chi connectivity index (χ2v) is 31.6. The lowest BCUT2D eigenvalue weighted by Crippen LogP contribution is -2.45. The number of hydrogen-bond donors (Lipinski definition) is 8. The van der Waals surface area contributed by atoms with Gasteiger partial charge in [-0.05, 0) is 187 Å². The summed E-state index contributed by atoms with van der Waals surface area (Å²) in [4.78, 5) is 131. The van der Waals surface area contributed by atoms with E-state index in [9.17, 15) is 38.4 Å². The van der Waals surface area contributed by atoms with Gasteiger partial charge < -0.3 is 82.7 Å². The first-order valence-electron chi connectivity index (χ1n) is 36.7. The maximum Gasteiger partial charge on any atom is 0.407 e. The molecule has 0 aromatic rings. The van der Waals surface area contributed by atoms with Gasteiger partial charge in [0.25, 0.3) is 0 Å². The quantitative estimate of drug-likeness (QED) is 0.00923. The monoisotopic (exact) mass is 1490 g/mol. The van der Waals surface area contributed by atoms with Gasteiger partial charge in [-0.1, -0.05) is 75.8 Å². The number of rotatable bonds is 60. The molecule has 0 aromatic carbocycles. The molecule has 0 aliphatic rings. The molecule has 0 heterocycles. The van der Waals surface area contributed by atoms with E-state index in [1.165, 1.54) is 0 Å². The number of nitrogens with two attached hydrogens (primary N) is 4. The number of ether oxygens (including phenoxy) is 4. The van der Waals surface area contributed by atoms with Crippen LogP contribution in [-0.4, -0.2) is 251 Å². The third-order valence-electron chi connectivity index (χ3n) is 18.7. The first-order chi connectivity index (χ1) is 49.1. The van der Waals surface area contributed by atoms with Crippen LogP contribution >= 0.6 is 0 Å². The molecule has 36 nitrogen and oxygen atoms in total. The molecule has 0 aliphatic heterocycles. The van der Waals surface area contributed by atoms with Gasteiger partial charge in [0.05, 0.1) is 24.2 Å². The van der Waals surface area contributed by atoms with E-state index in [0.717, 1.165) is 0 Å². The summed E-state index contributed by atoms with van der Waals surface area (Å²) in [6.07, 6.45) is -2.17. The van der Waals surface area contributed by atoms with E-state index < -0.39 is 149 Å². The number of carbonyl (C=O) groups is 8. The van der Waals surface area contributed by atoms with Crippen LogP contribution in [0.4, 0.5) is 19.2 Å². The summed E-state index contributed by atoms with van der Waals surface area (Å²) in [6, 6.07) is -4.65. The molecule has 36 heteroatoms. The van der Waals surface area contributed by atoms with E-state index in [1.807, 2.05) is 131 Å². The van der Waals surface area contributed by atoms with E-state index in [-0.39, 0.29) is 78.0 Å². The molecular formula is C69H132N24O12. The lowest BCUT2D eigenvalue weighted by atomic mass is 9.68. The van der Waals surface area contributed by atoms with E-state index in [1.54, 1.807) is 0 Å². The lowest BCUT2D eigenvalue weighted by molar-refractivity contribution is -0.132. The average Bonchev–Trinajstić information content (AvgIpc) is 0.812. The van der Waals surface area contributed by atoms with Gasteiger partial charge in [0.1, 0.15) is 47.5 Å². The fraction of sp³-hybridized carbons (Fsp3) is 0.884. The first kappa shape index (κ1) is 97.7. The summed E-state index contributed by atoms with van der Waals surface area (Å²) in [5.41, 5.74) is 58.2. The number of amides is 4. The minimum absolute atomic E-state index is 0.0916. The predicted molar refractivity (Wildman–Crippen MR) is 405 cm³/mol. The molecule has 4 unspecified atom stereocenters. The fourth-order valence-corrected chi connectivity index (χ4v) is 11.6. The van der Waals surface area contributed by atoms with Gasteiger partial charge in [0, 0.05) is 146 Å². The Morgan fingerprint density at radius 1 is 0.333 bits per heavy atom. The summed E-state index contributed by atoms with van der Waals surface area (Å²) in [5, 5.41) is 25.9. The third-order valence-corrected chi connectivity index (χ3v) is 18.7. The molecule has 0 saturated carbocycles. The van der Waals surface area contributed by atoms with E-state index in [0.29, 0.717) is 103 Å². The molecule has 0 aromatic heterocycles. The van der Waals surface area contributed by atoms with Crippen molar-refractivity contribution in [1.29, 1.82) is 0 Å². The van der Waals surface area contributed by atoms with Crippen molar-refractivity contribution in [2.24, 2.45) is 70.5 Å². The van der Waals surface area contributed by atoms with Crippen LogP contribution in [0, 0.1) is 27.1 Å². The number of Topliss-reactive ketones (excluding diaryl/α,β-unsaturated/α-hetero) is 4. The molecule has 8 atom stereocenters. The van der Waals surface area contributed by atoms with Gasteiger partial charge in [-0.3, -0.25) is 19.2 Å². The number of unbranched alkanes of at least 4 members (excludes halogenated alkanes) is 4. The Labute approximate surface area is 622 Å². The lowest BCUT2D eigenvalue weighted by Gasteiger charge is -2.35. The molecule has 4 amide bonds. The molecule has 12 N–H and O–H groups in total. The molecule has 0 aliphatic carbocycles. The van der Waals surface area contributed by atoms with Crippen LogP contribution in [0.2, 0.25) is 0 Å². The fourth-order valence-electron chi connectivity index (χ4n) is 11.6. The molecule has 0 radical (unpaired) electrons. The van der Waals surface area contributed by atoms with Crippen LogP contribution in [0.15, 0.2) is 20.5 Å². The highest BCUT2D eigenvalue weighted by atomic mass is 16.6. The second kappa shape index (κ2) is 51.8. The Morgan fingerprint density at radius 3 is 0.676 bits per heavy atom. The number of alkyl carbamates (subject to hydrolysis) is 4. The van der Waals surface area contributed by atoms with Crippen LogP contribution in [0.25, 0.3) is 41.8 Å². The smallest absolute Gasteiger partial charge is 0.407 e. The normalized spacial score (nSPS) is 14.8. The minimum atomic E-state index is -1.74. The highest BCUT2D eigenvalue weighted by Crippen LogP contribution is 2.39. The summed E-state index contributed by atoms with van der Waals surface area (Å²) >= 11 is 0. The predicted octanol–water partition coefficient (Wildman–Crippen LogP) is 9.33. The molecule has 0 spiro atoms. The van der Waals surface area contributed by atoms with E-state index in [4.69, 9.17) is 64.0 Å². The summed E-state index contributed by atoms with van der Waals surface area (Å²) in [5.74, 6) is -2.25. The Hall–Kier alpha value is -7.32. The van der Waals surface area contributed by atoms with Crippen LogP contribution in [0.5, 0.6) is 0 Å². The number of carbonyl (C=O) groups excluding carboxylic acids is 8. The van der Waals surface area contributed by atoms with Crippen molar-refractivity contribution in [3.05, 3.63) is 41.8 Å². The standard InChI is InChI=1S/C69H132N24O12/c1-65(2,45-82-86-74)57(29-37-90(9)10)102-61(98)78-33-21-17-25-49(70)53(94)41-69(42-54(95)50(71)26-18-22-34-79-62(99)103-58(30-38-91(11)12)66(3,4)46-83-87-75,43-55(96)51(72)27-19-23-35-80-63(100)104-59(31-39-92(13)14)67(5,6)47-84-88-76)44-56(97)52(73)28-20-24-36-81-64(101)105-60(32-40-93(15)16)68(7,8)48-85-89-77/h49-52,57-60H,17-48,70-73H2,1-16H3,(H,78,98)(H,79,99)(H,80,100)(H,81,101)/t49-,50-,51-,52-,57?,58?,59?,60?,69?/m0/s1. The third kappa shape index (κ3) is 43.8. The zero-order valence-corrected chi connectivity index (χ0v) is 66.1. The molecule has 600 valence electrons. The SMILES string of the molecule is CN(C)CCC(OC(=O)NCCCC[C@H](N)C(=O)CC(CC(=O)[C@@H](N)CCCCNC(=O)OC(CCN(C)C)C(C)(C)CN=[N+]=[N-])(CC(=O)[C@@H](N)CCCCNC(=O)OC(CCN(C)C)C(C)(C)CN=[N+]=[N-])CC(=O)[C@@H](N)CCCCNC(=O)OC(CCN(C)C)C(C)(C)CN=[N+]=[N-])C(C)(C)CN=[N+]=[N-]. The van der Waals surface area contributed by atoms with Crippen molar-refractivity contribution in [3.8, 4) is 0 Å². The Kier molecular flexibility index (Phi) is 48.2. The number of ketones is 4. The molecule has 0 saturated heterocycles. The zero-order valence-electron chi connectivity index (χ0n) is 66.1. The van der Waals surface area contributed by atoms with Crippen molar-refractivity contribution in [3.63, 3.8) is 0 Å². The average molecular weight is 1490 g/mol. The van der Waals surface area contributed by atoms with Gasteiger partial charge in [0.2, 0.25) is 0 Å². The molecule has 0 bridgehead atoms. The zero-order chi connectivity index (χ0) is 80.0. The topological polar surface area (TPSA) is 534 Å².